The van der Waals surface area contributed by atoms with Crippen LogP contribution in [-0.2, 0) is 0 Å². The van der Waals surface area contributed by atoms with E-state index in [1.165, 1.54) is 0 Å². The molecule has 0 amide bonds. The molecule has 20 heavy (non-hydrogen) atoms. The molecule has 5 heteroatoms. The van der Waals surface area contributed by atoms with Crippen LogP contribution in [0.1, 0.15) is 18.5 Å². The molecular weight excluding hydrogens is 278 g/mol. The Kier molecular flexibility index (Phi) is 3.42. The molecule has 2 aromatic rings. The van der Waals surface area contributed by atoms with E-state index in [2.05, 4.69) is 0 Å². The summed E-state index contributed by atoms with van der Waals surface area (Å²) in [4.78, 5) is 0. The van der Waals surface area contributed by atoms with Crippen LogP contribution in [0.2, 0.25) is 5.02 Å². The summed E-state index contributed by atoms with van der Waals surface area (Å²) in [5, 5.41) is 0.596. The molecule has 3 rings (SSSR count). The van der Waals surface area contributed by atoms with Gasteiger partial charge in [0.15, 0.2) is 11.5 Å². The van der Waals surface area contributed by atoms with Crippen molar-refractivity contribution in [2.45, 2.75) is 13.0 Å². The highest BCUT2D eigenvalue weighted by Gasteiger charge is 2.14. The average Bonchev–Trinajstić information content (AvgIpc) is 2.85. The summed E-state index contributed by atoms with van der Waals surface area (Å²) in [7, 11) is 0. The summed E-state index contributed by atoms with van der Waals surface area (Å²) in [5.41, 5.74) is 6.72. The van der Waals surface area contributed by atoms with Gasteiger partial charge in [-0.2, -0.15) is 0 Å². The number of nitrogens with two attached hydrogens (primary N) is 1. The third-order valence-corrected chi connectivity index (χ3v) is 3.37. The van der Waals surface area contributed by atoms with E-state index >= 15 is 0 Å². The summed E-state index contributed by atoms with van der Waals surface area (Å²) in [6, 6.07) is 10.8. The van der Waals surface area contributed by atoms with Crippen molar-refractivity contribution in [1.29, 1.82) is 0 Å². The van der Waals surface area contributed by atoms with E-state index in [1.807, 2.05) is 31.2 Å². The van der Waals surface area contributed by atoms with Crippen LogP contribution in [0.5, 0.6) is 23.0 Å². The Labute approximate surface area is 122 Å². The van der Waals surface area contributed by atoms with E-state index in [9.17, 15) is 0 Å². The zero-order chi connectivity index (χ0) is 14.1. The maximum atomic E-state index is 6.18. The number of benzene rings is 2. The van der Waals surface area contributed by atoms with Gasteiger partial charge in [0.25, 0.3) is 0 Å². The second-order valence-corrected chi connectivity index (χ2v) is 5.00. The minimum atomic E-state index is -0.109. The topological polar surface area (TPSA) is 53.7 Å². The molecule has 1 aliphatic rings. The second kappa shape index (κ2) is 5.23. The molecule has 0 radical (unpaired) electrons. The van der Waals surface area contributed by atoms with Gasteiger partial charge in [0.2, 0.25) is 6.79 Å². The summed E-state index contributed by atoms with van der Waals surface area (Å²) < 4.78 is 16.3. The van der Waals surface area contributed by atoms with E-state index in [4.69, 9.17) is 31.5 Å². The monoisotopic (exact) mass is 291 g/mol. The predicted molar refractivity (Wildman–Crippen MR) is 76.7 cm³/mol. The van der Waals surface area contributed by atoms with Crippen LogP contribution >= 0.6 is 11.6 Å². The zero-order valence-corrected chi connectivity index (χ0v) is 11.7. The van der Waals surface area contributed by atoms with Gasteiger partial charge in [-0.25, -0.2) is 0 Å². The molecule has 1 heterocycles. The minimum absolute atomic E-state index is 0.109. The number of rotatable bonds is 3. The van der Waals surface area contributed by atoms with Crippen molar-refractivity contribution in [3.05, 3.63) is 47.0 Å². The van der Waals surface area contributed by atoms with Gasteiger partial charge in [0.05, 0.1) is 0 Å². The smallest absolute Gasteiger partial charge is 0.231 e. The Morgan fingerprint density at radius 2 is 1.80 bits per heavy atom. The Morgan fingerprint density at radius 3 is 2.55 bits per heavy atom. The van der Waals surface area contributed by atoms with Crippen LogP contribution in [0.3, 0.4) is 0 Å². The fourth-order valence-corrected chi connectivity index (χ4v) is 2.36. The predicted octanol–water partition coefficient (Wildman–Crippen LogP) is 3.88. The Morgan fingerprint density at radius 1 is 1.10 bits per heavy atom. The van der Waals surface area contributed by atoms with Crippen molar-refractivity contribution in [3.8, 4) is 23.0 Å². The van der Waals surface area contributed by atoms with E-state index in [0.717, 1.165) is 11.3 Å². The fourth-order valence-electron chi connectivity index (χ4n) is 2.02. The van der Waals surface area contributed by atoms with Gasteiger partial charge in [-0.15, -0.1) is 0 Å². The minimum Gasteiger partial charge on any atom is -0.457 e. The van der Waals surface area contributed by atoms with E-state index in [1.54, 1.807) is 12.1 Å². The van der Waals surface area contributed by atoms with E-state index < -0.39 is 0 Å². The Balaban J connectivity index is 1.83. The third-order valence-electron chi connectivity index (χ3n) is 3.04. The van der Waals surface area contributed by atoms with Crippen LogP contribution in [-0.4, -0.2) is 6.79 Å². The van der Waals surface area contributed by atoms with Crippen LogP contribution in [0.25, 0.3) is 0 Å². The number of ether oxygens (including phenoxy) is 3. The highest BCUT2D eigenvalue weighted by molar-refractivity contribution is 6.31. The lowest BCUT2D eigenvalue weighted by atomic mass is 10.1. The molecule has 0 saturated heterocycles. The maximum absolute atomic E-state index is 6.18. The first-order chi connectivity index (χ1) is 9.63. The number of hydrogen-bond donors (Lipinski definition) is 1. The second-order valence-electron chi connectivity index (χ2n) is 4.59. The highest BCUT2D eigenvalue weighted by Crippen LogP contribution is 2.37. The molecule has 104 valence electrons. The van der Waals surface area contributed by atoms with Crippen LogP contribution in [0.15, 0.2) is 36.4 Å². The molecule has 0 fully saturated rings. The Hall–Kier alpha value is -1.91. The molecule has 2 N–H and O–H groups in total. The van der Waals surface area contributed by atoms with Gasteiger partial charge in [-0.3, -0.25) is 0 Å². The molecule has 1 atom stereocenters. The summed E-state index contributed by atoms with van der Waals surface area (Å²) in [5.74, 6) is 2.72. The van der Waals surface area contributed by atoms with E-state index in [0.29, 0.717) is 22.3 Å². The summed E-state index contributed by atoms with van der Waals surface area (Å²) in [6.07, 6.45) is 0. The van der Waals surface area contributed by atoms with Crippen molar-refractivity contribution < 1.29 is 14.2 Å². The van der Waals surface area contributed by atoms with Crippen molar-refractivity contribution in [2.75, 3.05) is 6.79 Å². The lowest BCUT2D eigenvalue weighted by Crippen LogP contribution is -2.05. The Bertz CT molecular complexity index is 643. The first-order valence-electron chi connectivity index (χ1n) is 6.26. The first kappa shape index (κ1) is 13.1. The largest absolute Gasteiger partial charge is 0.457 e. The molecule has 2 aromatic carbocycles. The van der Waals surface area contributed by atoms with Crippen molar-refractivity contribution >= 4 is 11.6 Å². The van der Waals surface area contributed by atoms with Crippen LogP contribution in [0, 0.1) is 0 Å². The molecule has 0 aromatic heterocycles. The normalized spacial score (nSPS) is 14.2. The molecule has 1 aliphatic heterocycles. The molecule has 0 aliphatic carbocycles. The zero-order valence-electron chi connectivity index (χ0n) is 10.9. The van der Waals surface area contributed by atoms with Crippen LogP contribution < -0.4 is 19.9 Å². The lowest BCUT2D eigenvalue weighted by molar-refractivity contribution is 0.174. The average molecular weight is 292 g/mol. The van der Waals surface area contributed by atoms with Gasteiger partial charge >= 0.3 is 0 Å². The quantitative estimate of drug-likeness (QED) is 0.932. The molecule has 0 saturated carbocycles. The molecule has 4 nitrogen and oxygen atoms in total. The lowest BCUT2D eigenvalue weighted by Gasteiger charge is -2.11. The third kappa shape index (κ3) is 2.53. The molecule has 0 spiro atoms. The van der Waals surface area contributed by atoms with Gasteiger partial charge in [0, 0.05) is 17.1 Å². The van der Waals surface area contributed by atoms with E-state index in [-0.39, 0.29) is 12.8 Å². The number of fused-ring (bicyclic) bond motifs is 1. The summed E-state index contributed by atoms with van der Waals surface area (Å²) in [6.45, 7) is 2.13. The fraction of sp³-hybridized carbons (Fsp3) is 0.200. The number of halogens is 1. The molecular formula is C15H14ClNO3. The van der Waals surface area contributed by atoms with Gasteiger partial charge < -0.3 is 19.9 Å². The summed E-state index contributed by atoms with van der Waals surface area (Å²) >= 11 is 6.18. The standard InChI is InChI=1S/C15H14ClNO3/c1-9(17)12-4-2-10(6-13(12)16)20-11-3-5-14-15(7-11)19-8-18-14/h2-7,9H,8,17H2,1H3. The SMILES string of the molecule is CC(N)c1ccc(Oc2ccc3c(c2)OCO3)cc1Cl. The van der Waals surface area contributed by atoms with Crippen molar-refractivity contribution in [2.24, 2.45) is 5.73 Å². The first-order valence-corrected chi connectivity index (χ1v) is 6.64. The van der Waals surface area contributed by atoms with Crippen molar-refractivity contribution in [3.63, 3.8) is 0 Å². The van der Waals surface area contributed by atoms with Crippen molar-refractivity contribution in [1.82, 2.24) is 0 Å². The van der Waals surface area contributed by atoms with Gasteiger partial charge in [-0.05, 0) is 36.8 Å². The van der Waals surface area contributed by atoms with Crippen LogP contribution in [0.4, 0.5) is 0 Å². The maximum Gasteiger partial charge on any atom is 0.231 e. The van der Waals surface area contributed by atoms with Gasteiger partial charge in [0.1, 0.15) is 11.5 Å². The molecule has 0 bridgehead atoms. The molecule has 1 unspecified atom stereocenters. The highest BCUT2D eigenvalue weighted by atomic mass is 35.5. The van der Waals surface area contributed by atoms with Gasteiger partial charge in [-0.1, -0.05) is 17.7 Å². The number of hydrogen-bond acceptors (Lipinski definition) is 4.